The summed E-state index contributed by atoms with van der Waals surface area (Å²) in [7, 11) is 1.68. The number of halogens is 1. The predicted molar refractivity (Wildman–Crippen MR) is 103 cm³/mol. The molecule has 6 heteroatoms. The van der Waals surface area contributed by atoms with Crippen molar-refractivity contribution >= 4 is 15.9 Å². The van der Waals surface area contributed by atoms with Gasteiger partial charge in [-0.1, -0.05) is 24.3 Å². The van der Waals surface area contributed by atoms with Crippen molar-refractivity contribution in [3.05, 3.63) is 64.5 Å². The quantitative estimate of drug-likeness (QED) is 0.605. The highest BCUT2D eigenvalue weighted by Gasteiger charge is 2.32. The number of rotatable bonds is 7. The van der Waals surface area contributed by atoms with Gasteiger partial charge in [0.1, 0.15) is 5.75 Å². The van der Waals surface area contributed by atoms with Crippen molar-refractivity contribution < 1.29 is 9.15 Å². The zero-order valence-electron chi connectivity index (χ0n) is 14.5. The Kier molecular flexibility index (Phi) is 5.04. The maximum Gasteiger partial charge on any atom is 0.248 e. The number of ether oxygens (including phenoxy) is 1. The van der Waals surface area contributed by atoms with Crippen LogP contribution in [0.4, 0.5) is 0 Å². The summed E-state index contributed by atoms with van der Waals surface area (Å²) < 4.78 is 12.0. The molecule has 1 aromatic heterocycles. The van der Waals surface area contributed by atoms with E-state index in [0.717, 1.165) is 15.8 Å². The fourth-order valence-electron chi connectivity index (χ4n) is 3.06. The summed E-state index contributed by atoms with van der Waals surface area (Å²) in [6.07, 6.45) is 2.49. The van der Waals surface area contributed by atoms with Crippen LogP contribution in [-0.2, 0) is 6.54 Å². The normalized spacial score (nSPS) is 15.0. The van der Waals surface area contributed by atoms with Crippen LogP contribution in [0.5, 0.6) is 5.75 Å². The Bertz CT molecular complexity index is 875. The maximum absolute atomic E-state index is 5.84. The van der Waals surface area contributed by atoms with Crippen LogP contribution in [0.15, 0.2) is 57.4 Å². The van der Waals surface area contributed by atoms with E-state index in [-0.39, 0.29) is 0 Å². The highest BCUT2D eigenvalue weighted by molar-refractivity contribution is 9.10. The van der Waals surface area contributed by atoms with Gasteiger partial charge in [-0.05, 0) is 64.5 Å². The molecule has 0 saturated heterocycles. The number of methoxy groups -OCH3 is 1. The number of nitrogens with zero attached hydrogens (tertiary/aromatic N) is 2. The summed E-state index contributed by atoms with van der Waals surface area (Å²) in [5.41, 5.74) is 2.17. The van der Waals surface area contributed by atoms with Gasteiger partial charge in [0.25, 0.3) is 0 Å². The number of hydrogen-bond acceptors (Lipinski definition) is 5. The van der Waals surface area contributed by atoms with Crippen molar-refractivity contribution in [2.24, 2.45) is 5.92 Å². The highest BCUT2D eigenvalue weighted by Crippen LogP contribution is 2.41. The SMILES string of the molecule is COc1ccc(C(NCc2nnc(-c3ccccc3Br)o2)C2CC2)cc1. The molecular weight excluding hydrogens is 394 g/mol. The van der Waals surface area contributed by atoms with E-state index in [1.807, 2.05) is 36.4 Å². The fraction of sp³-hybridized carbons (Fsp3) is 0.300. The summed E-state index contributed by atoms with van der Waals surface area (Å²) in [6, 6.07) is 16.4. The van der Waals surface area contributed by atoms with Crippen molar-refractivity contribution in [2.75, 3.05) is 7.11 Å². The molecule has 0 aliphatic heterocycles. The molecule has 1 unspecified atom stereocenters. The van der Waals surface area contributed by atoms with Gasteiger partial charge < -0.3 is 14.5 Å². The lowest BCUT2D eigenvalue weighted by Gasteiger charge is -2.18. The second kappa shape index (κ2) is 7.60. The molecule has 1 aliphatic carbocycles. The first-order valence-electron chi connectivity index (χ1n) is 8.69. The van der Waals surface area contributed by atoms with E-state index in [4.69, 9.17) is 9.15 Å². The van der Waals surface area contributed by atoms with Crippen LogP contribution in [0.25, 0.3) is 11.5 Å². The molecule has 1 atom stereocenters. The Labute approximate surface area is 160 Å². The van der Waals surface area contributed by atoms with Crippen LogP contribution in [0.1, 0.15) is 30.3 Å². The number of aromatic nitrogens is 2. The van der Waals surface area contributed by atoms with E-state index in [1.54, 1.807) is 7.11 Å². The van der Waals surface area contributed by atoms with Gasteiger partial charge in [-0.25, -0.2) is 0 Å². The van der Waals surface area contributed by atoms with Gasteiger partial charge in [-0.2, -0.15) is 0 Å². The summed E-state index contributed by atoms with van der Waals surface area (Å²) in [5.74, 6) is 2.66. The minimum absolute atomic E-state index is 0.291. The largest absolute Gasteiger partial charge is 0.497 e. The lowest BCUT2D eigenvalue weighted by Crippen LogP contribution is -2.22. The zero-order chi connectivity index (χ0) is 17.9. The van der Waals surface area contributed by atoms with Crippen LogP contribution in [0.3, 0.4) is 0 Å². The molecule has 5 nitrogen and oxygen atoms in total. The van der Waals surface area contributed by atoms with Crippen LogP contribution in [0.2, 0.25) is 0 Å². The predicted octanol–water partition coefficient (Wildman–Crippen LogP) is 4.75. The number of nitrogens with one attached hydrogen (secondary N) is 1. The number of hydrogen-bond donors (Lipinski definition) is 1. The van der Waals surface area contributed by atoms with Crippen LogP contribution < -0.4 is 10.1 Å². The Morgan fingerprint density at radius 3 is 2.62 bits per heavy atom. The number of benzene rings is 2. The van der Waals surface area contributed by atoms with Crippen molar-refractivity contribution in [2.45, 2.75) is 25.4 Å². The molecule has 1 fully saturated rings. The molecule has 1 saturated carbocycles. The Hall–Kier alpha value is -2.18. The van der Waals surface area contributed by atoms with E-state index in [0.29, 0.717) is 30.3 Å². The minimum Gasteiger partial charge on any atom is -0.497 e. The fourth-order valence-corrected chi connectivity index (χ4v) is 3.52. The third kappa shape index (κ3) is 3.81. The lowest BCUT2D eigenvalue weighted by molar-refractivity contribution is 0.410. The first-order valence-corrected chi connectivity index (χ1v) is 9.48. The van der Waals surface area contributed by atoms with Crippen molar-refractivity contribution in [1.29, 1.82) is 0 Å². The standard InChI is InChI=1S/C20H20BrN3O2/c1-25-15-10-8-14(9-11-15)19(13-6-7-13)22-12-18-23-24-20(26-18)16-4-2-3-5-17(16)21/h2-5,8-11,13,19,22H,6-7,12H2,1H3. The van der Waals surface area contributed by atoms with E-state index in [9.17, 15) is 0 Å². The molecule has 134 valence electrons. The van der Waals surface area contributed by atoms with Crippen molar-refractivity contribution in [3.8, 4) is 17.2 Å². The summed E-state index contributed by atoms with van der Waals surface area (Å²) in [6.45, 7) is 0.546. The monoisotopic (exact) mass is 413 g/mol. The van der Waals surface area contributed by atoms with E-state index in [1.165, 1.54) is 18.4 Å². The topological polar surface area (TPSA) is 60.2 Å². The third-order valence-electron chi connectivity index (χ3n) is 4.61. The molecule has 4 rings (SSSR count). The van der Waals surface area contributed by atoms with Gasteiger partial charge in [0.05, 0.1) is 19.2 Å². The van der Waals surface area contributed by atoms with Gasteiger partial charge in [-0.3, -0.25) is 0 Å². The smallest absolute Gasteiger partial charge is 0.248 e. The lowest BCUT2D eigenvalue weighted by atomic mass is 10.0. The van der Waals surface area contributed by atoms with E-state index >= 15 is 0 Å². The Morgan fingerprint density at radius 1 is 1.15 bits per heavy atom. The molecule has 1 heterocycles. The zero-order valence-corrected chi connectivity index (χ0v) is 16.1. The Morgan fingerprint density at radius 2 is 1.92 bits per heavy atom. The van der Waals surface area contributed by atoms with Gasteiger partial charge in [0.15, 0.2) is 0 Å². The molecule has 0 bridgehead atoms. The van der Waals surface area contributed by atoms with Crippen molar-refractivity contribution in [3.63, 3.8) is 0 Å². The highest BCUT2D eigenvalue weighted by atomic mass is 79.9. The molecule has 3 aromatic rings. The van der Waals surface area contributed by atoms with Crippen LogP contribution in [0, 0.1) is 5.92 Å². The molecule has 0 amide bonds. The second-order valence-corrected chi connectivity index (χ2v) is 7.30. The molecule has 0 radical (unpaired) electrons. The molecule has 2 aromatic carbocycles. The molecular formula is C20H20BrN3O2. The molecule has 26 heavy (non-hydrogen) atoms. The van der Waals surface area contributed by atoms with Gasteiger partial charge >= 0.3 is 0 Å². The Balaban J connectivity index is 1.46. The average molecular weight is 414 g/mol. The first-order chi connectivity index (χ1) is 12.7. The first kappa shape index (κ1) is 17.2. The summed E-state index contributed by atoms with van der Waals surface area (Å²) >= 11 is 3.52. The van der Waals surface area contributed by atoms with Gasteiger partial charge in [-0.15, -0.1) is 10.2 Å². The van der Waals surface area contributed by atoms with E-state index < -0.39 is 0 Å². The maximum atomic E-state index is 5.84. The van der Waals surface area contributed by atoms with Crippen LogP contribution in [-0.4, -0.2) is 17.3 Å². The summed E-state index contributed by atoms with van der Waals surface area (Å²) in [4.78, 5) is 0. The average Bonchev–Trinajstić information content (AvgIpc) is 3.40. The molecule has 1 N–H and O–H groups in total. The van der Waals surface area contributed by atoms with Crippen molar-refractivity contribution in [1.82, 2.24) is 15.5 Å². The molecule has 1 aliphatic rings. The third-order valence-corrected chi connectivity index (χ3v) is 5.30. The second-order valence-electron chi connectivity index (χ2n) is 6.45. The summed E-state index contributed by atoms with van der Waals surface area (Å²) in [5, 5.41) is 11.9. The van der Waals surface area contributed by atoms with Gasteiger partial charge in [0, 0.05) is 10.5 Å². The van der Waals surface area contributed by atoms with Crippen LogP contribution >= 0.6 is 15.9 Å². The van der Waals surface area contributed by atoms with Gasteiger partial charge in [0.2, 0.25) is 11.8 Å². The molecule has 0 spiro atoms. The van der Waals surface area contributed by atoms with E-state index in [2.05, 4.69) is 43.6 Å². The minimum atomic E-state index is 0.291.